The Labute approximate surface area is 212 Å². The van der Waals surface area contributed by atoms with Crippen LogP contribution in [0.5, 0.6) is 0 Å². The zero-order chi connectivity index (χ0) is 25.5. The fraction of sp³-hybridized carbons (Fsp3) is 0.290. The van der Waals surface area contributed by atoms with Gasteiger partial charge in [-0.3, -0.25) is 0 Å². The van der Waals surface area contributed by atoms with E-state index in [2.05, 4.69) is 62.3 Å². The molecule has 0 bridgehead atoms. The Kier molecular flexibility index (Phi) is 12.0. The minimum atomic E-state index is 0.538. The maximum Gasteiger partial charge on any atom is 0.100 e. The standard InChI is InChI=1S/C27H32N4.C4H10/c1-20-11-12-23(17-20)19-30-21(2)24-9-6-10-26(18-24)31-27(29)16-15-25(28)14-13-22-7-4-3-5-8-22;1-3-4-2/h3-12,15-16,18,30-31H,2,13-14,17,19,28-29H2,1H3;3-4H2,1-2H3/b25-15-,27-16+;. The third kappa shape index (κ3) is 10.9. The van der Waals surface area contributed by atoms with E-state index in [4.69, 9.17) is 11.5 Å². The Hall–Kier alpha value is -3.66. The lowest BCUT2D eigenvalue weighted by atomic mass is 10.1. The number of nitrogens with one attached hydrogen (secondary N) is 2. The molecule has 1 aliphatic rings. The van der Waals surface area contributed by atoms with Gasteiger partial charge in [-0.15, -0.1) is 0 Å². The van der Waals surface area contributed by atoms with Crippen molar-refractivity contribution >= 4 is 11.4 Å². The molecule has 4 heteroatoms. The maximum atomic E-state index is 6.14. The summed E-state index contributed by atoms with van der Waals surface area (Å²) in [4.78, 5) is 0. The highest BCUT2D eigenvalue weighted by molar-refractivity contribution is 5.66. The van der Waals surface area contributed by atoms with E-state index in [0.29, 0.717) is 5.82 Å². The van der Waals surface area contributed by atoms with Gasteiger partial charge in [0.05, 0.1) is 0 Å². The molecule has 35 heavy (non-hydrogen) atoms. The highest BCUT2D eigenvalue weighted by atomic mass is 15.0. The SMILES string of the molecule is C=C(NCC1=CC=C(C)C1)c1cccc(N/C(N)=C/C=C(\N)CCc2ccccc2)c1.CCCC. The molecule has 0 aliphatic heterocycles. The highest BCUT2D eigenvalue weighted by Gasteiger charge is 2.06. The van der Waals surface area contributed by atoms with Crippen LogP contribution in [-0.2, 0) is 6.42 Å². The first kappa shape index (κ1) is 27.6. The van der Waals surface area contributed by atoms with Crippen molar-refractivity contribution in [2.24, 2.45) is 11.5 Å². The molecule has 0 saturated carbocycles. The molecule has 0 saturated heterocycles. The number of rotatable bonds is 11. The maximum absolute atomic E-state index is 6.14. The van der Waals surface area contributed by atoms with Crippen molar-refractivity contribution in [2.75, 3.05) is 11.9 Å². The van der Waals surface area contributed by atoms with Crippen molar-refractivity contribution in [2.45, 2.75) is 52.9 Å². The number of anilines is 1. The largest absolute Gasteiger partial charge is 0.402 e. The Morgan fingerprint density at radius 1 is 0.971 bits per heavy atom. The Morgan fingerprint density at radius 3 is 2.37 bits per heavy atom. The van der Waals surface area contributed by atoms with Gasteiger partial charge in [0.2, 0.25) is 0 Å². The van der Waals surface area contributed by atoms with Gasteiger partial charge in [0.25, 0.3) is 0 Å². The summed E-state index contributed by atoms with van der Waals surface area (Å²) in [5.74, 6) is 0.538. The fourth-order valence-electron chi connectivity index (χ4n) is 3.39. The smallest absolute Gasteiger partial charge is 0.100 e. The highest BCUT2D eigenvalue weighted by Crippen LogP contribution is 2.20. The van der Waals surface area contributed by atoms with E-state index in [1.54, 1.807) is 0 Å². The van der Waals surface area contributed by atoms with Gasteiger partial charge in [0.1, 0.15) is 5.82 Å². The van der Waals surface area contributed by atoms with Crippen LogP contribution in [-0.4, -0.2) is 6.54 Å². The molecule has 0 heterocycles. The predicted molar refractivity (Wildman–Crippen MR) is 153 cm³/mol. The summed E-state index contributed by atoms with van der Waals surface area (Å²) in [5.41, 5.74) is 19.9. The predicted octanol–water partition coefficient (Wildman–Crippen LogP) is 7.02. The van der Waals surface area contributed by atoms with Crippen LogP contribution >= 0.6 is 0 Å². The normalized spacial score (nSPS) is 13.3. The second-order valence-corrected chi connectivity index (χ2v) is 8.90. The van der Waals surface area contributed by atoms with Crippen molar-refractivity contribution in [3.8, 4) is 0 Å². The molecule has 3 rings (SSSR count). The molecule has 0 atom stereocenters. The van der Waals surface area contributed by atoms with Crippen LogP contribution in [0.4, 0.5) is 5.69 Å². The third-order valence-electron chi connectivity index (χ3n) is 5.66. The molecule has 0 amide bonds. The molecule has 1 aliphatic carbocycles. The number of aryl methyl sites for hydroxylation is 1. The van der Waals surface area contributed by atoms with Crippen molar-refractivity contribution in [3.63, 3.8) is 0 Å². The second kappa shape index (κ2) is 15.3. The number of allylic oxidation sites excluding steroid dienone is 6. The van der Waals surface area contributed by atoms with Gasteiger partial charge in [0.15, 0.2) is 0 Å². The molecule has 0 radical (unpaired) electrons. The lowest BCUT2D eigenvalue weighted by molar-refractivity contribution is 0.886. The lowest BCUT2D eigenvalue weighted by Gasteiger charge is -2.13. The van der Waals surface area contributed by atoms with Gasteiger partial charge in [-0.1, -0.05) is 93.5 Å². The Morgan fingerprint density at radius 2 is 1.71 bits per heavy atom. The first-order chi connectivity index (χ1) is 16.9. The summed E-state index contributed by atoms with van der Waals surface area (Å²) in [6, 6.07) is 18.4. The molecule has 0 aromatic heterocycles. The first-order valence-electron chi connectivity index (χ1n) is 12.5. The Balaban J connectivity index is 0.00000100. The van der Waals surface area contributed by atoms with Crippen molar-refractivity contribution in [1.82, 2.24) is 5.32 Å². The monoisotopic (exact) mass is 470 g/mol. The van der Waals surface area contributed by atoms with Crippen LogP contribution in [0.2, 0.25) is 0 Å². The quantitative estimate of drug-likeness (QED) is 0.266. The van der Waals surface area contributed by atoms with Crippen LogP contribution in [0, 0.1) is 0 Å². The molecule has 186 valence electrons. The molecular formula is C31H42N4. The van der Waals surface area contributed by atoms with Gasteiger partial charge >= 0.3 is 0 Å². The minimum Gasteiger partial charge on any atom is -0.402 e. The zero-order valence-electron chi connectivity index (χ0n) is 21.6. The van der Waals surface area contributed by atoms with Crippen LogP contribution in [0.1, 0.15) is 57.6 Å². The average Bonchev–Trinajstić information content (AvgIpc) is 3.30. The number of hydrogen-bond acceptors (Lipinski definition) is 4. The van der Waals surface area contributed by atoms with E-state index in [-0.39, 0.29) is 0 Å². The van der Waals surface area contributed by atoms with Crippen LogP contribution in [0.3, 0.4) is 0 Å². The summed E-state index contributed by atoms with van der Waals surface area (Å²) in [6.45, 7) is 11.5. The average molecular weight is 471 g/mol. The fourth-order valence-corrected chi connectivity index (χ4v) is 3.39. The first-order valence-corrected chi connectivity index (χ1v) is 12.5. The summed E-state index contributed by atoms with van der Waals surface area (Å²) in [6.07, 6.45) is 13.4. The molecule has 6 N–H and O–H groups in total. The van der Waals surface area contributed by atoms with E-state index in [9.17, 15) is 0 Å². The van der Waals surface area contributed by atoms with E-state index < -0.39 is 0 Å². The summed E-state index contributed by atoms with van der Waals surface area (Å²) in [5, 5.41) is 6.63. The molecule has 2 aromatic carbocycles. The summed E-state index contributed by atoms with van der Waals surface area (Å²) < 4.78 is 0. The number of hydrogen-bond donors (Lipinski definition) is 4. The molecule has 0 spiro atoms. The Bertz CT molecular complexity index is 1060. The van der Waals surface area contributed by atoms with E-state index in [0.717, 1.165) is 48.5 Å². The molecule has 0 fully saturated rings. The van der Waals surface area contributed by atoms with Crippen LogP contribution < -0.4 is 22.1 Å². The molecule has 2 aromatic rings. The van der Waals surface area contributed by atoms with Crippen LogP contribution in [0.25, 0.3) is 5.70 Å². The van der Waals surface area contributed by atoms with Gasteiger partial charge < -0.3 is 22.1 Å². The molecule has 0 unspecified atom stereocenters. The zero-order valence-corrected chi connectivity index (χ0v) is 21.6. The lowest BCUT2D eigenvalue weighted by Crippen LogP contribution is -2.15. The third-order valence-corrected chi connectivity index (χ3v) is 5.66. The molecular weight excluding hydrogens is 428 g/mol. The van der Waals surface area contributed by atoms with Crippen LogP contribution in [0.15, 0.2) is 108 Å². The van der Waals surface area contributed by atoms with Gasteiger partial charge in [-0.2, -0.15) is 0 Å². The van der Waals surface area contributed by atoms with E-state index in [1.165, 1.54) is 29.6 Å². The van der Waals surface area contributed by atoms with Crippen molar-refractivity contribution < 1.29 is 0 Å². The van der Waals surface area contributed by atoms with E-state index >= 15 is 0 Å². The number of unbranched alkanes of at least 4 members (excludes halogenated alkanes) is 1. The number of benzene rings is 2. The molecule has 4 nitrogen and oxygen atoms in total. The van der Waals surface area contributed by atoms with E-state index in [1.807, 2.05) is 54.6 Å². The number of nitrogens with two attached hydrogens (primary N) is 2. The van der Waals surface area contributed by atoms with Crippen molar-refractivity contribution in [3.05, 3.63) is 119 Å². The van der Waals surface area contributed by atoms with Gasteiger partial charge in [-0.25, -0.2) is 0 Å². The second-order valence-electron chi connectivity index (χ2n) is 8.90. The van der Waals surface area contributed by atoms with Gasteiger partial charge in [-0.05, 0) is 67.2 Å². The van der Waals surface area contributed by atoms with Gasteiger partial charge in [0, 0.05) is 23.6 Å². The minimum absolute atomic E-state index is 0.538. The summed E-state index contributed by atoms with van der Waals surface area (Å²) in [7, 11) is 0. The topological polar surface area (TPSA) is 76.1 Å². The van der Waals surface area contributed by atoms with Crippen molar-refractivity contribution in [1.29, 1.82) is 0 Å². The summed E-state index contributed by atoms with van der Waals surface area (Å²) >= 11 is 0.